The topological polar surface area (TPSA) is 74.3 Å². The molecule has 1 atom stereocenters. The molecule has 152 valence electrons. The number of nitrogens with one attached hydrogen (secondary N) is 2. The first-order valence-electron chi connectivity index (χ1n) is 8.98. The molecule has 1 unspecified atom stereocenters. The zero-order valence-electron chi connectivity index (χ0n) is 15.5. The highest BCUT2D eigenvalue weighted by Crippen LogP contribution is 2.09. The van der Waals surface area contributed by atoms with Crippen LogP contribution >= 0.6 is 24.8 Å². The van der Waals surface area contributed by atoms with Crippen LogP contribution in [-0.4, -0.2) is 53.9 Å². The van der Waals surface area contributed by atoms with Gasteiger partial charge in [0.1, 0.15) is 6.04 Å². The molecule has 8 heteroatoms. The fourth-order valence-electron chi connectivity index (χ4n) is 3.08. The first kappa shape index (κ1) is 23.9. The predicted octanol–water partition coefficient (Wildman–Crippen LogP) is 2.09. The van der Waals surface area contributed by atoms with Gasteiger partial charge in [0.15, 0.2) is 0 Å². The number of hydrogen-bond acceptors (Lipinski definition) is 4. The van der Waals surface area contributed by atoms with Crippen molar-refractivity contribution in [2.45, 2.75) is 18.9 Å². The highest BCUT2D eigenvalue weighted by Gasteiger charge is 2.27. The monoisotopic (exact) mass is 424 g/mol. The molecule has 3 rings (SSSR count). The lowest BCUT2D eigenvalue weighted by atomic mass is 10.0. The molecule has 2 N–H and O–H groups in total. The summed E-state index contributed by atoms with van der Waals surface area (Å²) in [5.74, 6) is -0.310. The van der Waals surface area contributed by atoms with Crippen molar-refractivity contribution in [3.63, 3.8) is 0 Å². The summed E-state index contributed by atoms with van der Waals surface area (Å²) in [4.78, 5) is 31.5. The predicted molar refractivity (Wildman–Crippen MR) is 114 cm³/mol. The number of rotatable bonds is 5. The molecule has 0 saturated carbocycles. The number of carbonyl (C=O) groups is 2. The highest BCUT2D eigenvalue weighted by molar-refractivity contribution is 5.97. The summed E-state index contributed by atoms with van der Waals surface area (Å²) in [5.41, 5.74) is 1.47. The van der Waals surface area contributed by atoms with Gasteiger partial charge in [0.05, 0.1) is 5.56 Å². The van der Waals surface area contributed by atoms with Crippen LogP contribution in [0.25, 0.3) is 0 Å². The highest BCUT2D eigenvalue weighted by atomic mass is 35.5. The van der Waals surface area contributed by atoms with Crippen LogP contribution in [0.1, 0.15) is 22.3 Å². The Kier molecular flexibility index (Phi) is 10.5. The number of nitrogens with zero attached hydrogens (tertiary/aromatic N) is 2. The molecular formula is C20H26Cl2N4O2. The minimum Gasteiger partial charge on any atom is -0.340 e. The maximum Gasteiger partial charge on any atom is 0.253 e. The van der Waals surface area contributed by atoms with Gasteiger partial charge in [-0.2, -0.15) is 0 Å². The molecule has 0 radical (unpaired) electrons. The quantitative estimate of drug-likeness (QED) is 0.770. The van der Waals surface area contributed by atoms with E-state index in [-0.39, 0.29) is 36.6 Å². The Bertz CT molecular complexity index is 724. The molecule has 2 heterocycles. The molecule has 2 aromatic rings. The summed E-state index contributed by atoms with van der Waals surface area (Å²) in [6, 6.07) is 12.6. The van der Waals surface area contributed by atoms with Gasteiger partial charge in [-0.05, 0) is 30.7 Å². The van der Waals surface area contributed by atoms with Gasteiger partial charge in [-0.25, -0.2) is 0 Å². The largest absolute Gasteiger partial charge is 0.340 e. The van der Waals surface area contributed by atoms with Gasteiger partial charge in [-0.1, -0.05) is 30.3 Å². The van der Waals surface area contributed by atoms with Crippen LogP contribution in [0.15, 0.2) is 54.9 Å². The van der Waals surface area contributed by atoms with E-state index in [4.69, 9.17) is 0 Å². The average Bonchev–Trinajstić information content (AvgIpc) is 2.98. The summed E-state index contributed by atoms with van der Waals surface area (Å²) >= 11 is 0. The summed E-state index contributed by atoms with van der Waals surface area (Å²) in [5, 5.41) is 6.21. The van der Waals surface area contributed by atoms with Crippen molar-refractivity contribution in [3.8, 4) is 0 Å². The van der Waals surface area contributed by atoms with E-state index in [1.165, 1.54) is 6.20 Å². The van der Waals surface area contributed by atoms with Crippen LogP contribution in [0.3, 0.4) is 0 Å². The van der Waals surface area contributed by atoms with Crippen LogP contribution in [0, 0.1) is 0 Å². The molecule has 1 aliphatic heterocycles. The Balaban J connectivity index is 0.00000196. The minimum absolute atomic E-state index is 0. The van der Waals surface area contributed by atoms with Crippen LogP contribution in [0.2, 0.25) is 0 Å². The fraction of sp³-hybridized carbons (Fsp3) is 0.350. The molecule has 0 aliphatic carbocycles. The molecule has 1 saturated heterocycles. The Morgan fingerprint density at radius 3 is 2.57 bits per heavy atom. The number of benzene rings is 1. The molecule has 1 aromatic heterocycles. The fourth-order valence-corrected chi connectivity index (χ4v) is 3.08. The molecule has 1 fully saturated rings. The van der Waals surface area contributed by atoms with Crippen molar-refractivity contribution >= 4 is 36.6 Å². The normalized spacial score (nSPS) is 14.6. The van der Waals surface area contributed by atoms with Crippen LogP contribution < -0.4 is 10.6 Å². The van der Waals surface area contributed by atoms with E-state index >= 15 is 0 Å². The van der Waals surface area contributed by atoms with E-state index in [1.54, 1.807) is 18.3 Å². The molecule has 2 amide bonds. The van der Waals surface area contributed by atoms with Gasteiger partial charge in [-0.3, -0.25) is 14.6 Å². The smallest absolute Gasteiger partial charge is 0.253 e. The van der Waals surface area contributed by atoms with Crippen LogP contribution in [-0.2, 0) is 11.2 Å². The van der Waals surface area contributed by atoms with Crippen LogP contribution in [0.4, 0.5) is 0 Å². The Labute approximate surface area is 177 Å². The minimum atomic E-state index is -0.594. The number of pyridine rings is 1. The van der Waals surface area contributed by atoms with Crippen molar-refractivity contribution in [1.82, 2.24) is 20.5 Å². The van der Waals surface area contributed by atoms with Gasteiger partial charge < -0.3 is 15.5 Å². The number of carbonyl (C=O) groups excluding carboxylic acids is 2. The summed E-state index contributed by atoms with van der Waals surface area (Å²) in [6.07, 6.45) is 4.51. The Morgan fingerprint density at radius 2 is 1.86 bits per heavy atom. The second-order valence-corrected chi connectivity index (χ2v) is 6.39. The summed E-state index contributed by atoms with van der Waals surface area (Å²) in [6.45, 7) is 3.06. The molecule has 6 nitrogen and oxygen atoms in total. The van der Waals surface area contributed by atoms with Gasteiger partial charge in [0, 0.05) is 38.4 Å². The average molecular weight is 425 g/mol. The maximum absolute atomic E-state index is 13.1. The van der Waals surface area contributed by atoms with Gasteiger partial charge in [0.2, 0.25) is 5.91 Å². The Morgan fingerprint density at radius 1 is 1.07 bits per heavy atom. The molecule has 1 aliphatic rings. The van der Waals surface area contributed by atoms with Gasteiger partial charge in [0.25, 0.3) is 5.91 Å². The van der Waals surface area contributed by atoms with Gasteiger partial charge >= 0.3 is 0 Å². The second-order valence-electron chi connectivity index (χ2n) is 6.39. The second kappa shape index (κ2) is 12.3. The Hall–Kier alpha value is -2.15. The third kappa shape index (κ3) is 6.78. The third-order valence-corrected chi connectivity index (χ3v) is 4.46. The van der Waals surface area contributed by atoms with E-state index in [2.05, 4.69) is 15.6 Å². The van der Waals surface area contributed by atoms with E-state index in [0.29, 0.717) is 25.1 Å². The number of halogens is 2. The number of amides is 2. The number of hydrogen-bond donors (Lipinski definition) is 2. The first-order chi connectivity index (χ1) is 12.7. The standard InChI is InChI=1S/C20H24N4O2.2ClH/c25-19(17-8-4-9-22-15-17)23-18(14-16-6-2-1-3-7-16)20(26)24-12-5-10-21-11-13-24;;/h1-4,6-9,15,18,21H,5,10-14H2,(H,23,25);2*1H. The zero-order valence-corrected chi connectivity index (χ0v) is 17.2. The number of aromatic nitrogens is 1. The lowest BCUT2D eigenvalue weighted by Gasteiger charge is -2.26. The lowest BCUT2D eigenvalue weighted by molar-refractivity contribution is -0.133. The first-order valence-corrected chi connectivity index (χ1v) is 8.98. The summed E-state index contributed by atoms with van der Waals surface area (Å²) in [7, 11) is 0. The van der Waals surface area contributed by atoms with E-state index in [9.17, 15) is 9.59 Å². The SMILES string of the molecule is Cl.Cl.O=C(NC(Cc1ccccc1)C(=O)N1CCCNCC1)c1cccnc1. The van der Waals surface area contributed by atoms with Gasteiger partial charge in [-0.15, -0.1) is 24.8 Å². The third-order valence-electron chi connectivity index (χ3n) is 4.46. The van der Waals surface area contributed by atoms with Crippen LogP contribution in [0.5, 0.6) is 0 Å². The van der Waals surface area contributed by atoms with Crippen molar-refractivity contribution < 1.29 is 9.59 Å². The van der Waals surface area contributed by atoms with E-state index in [0.717, 1.165) is 25.1 Å². The van der Waals surface area contributed by atoms with Crippen molar-refractivity contribution in [1.29, 1.82) is 0 Å². The maximum atomic E-state index is 13.1. The molecule has 1 aromatic carbocycles. The lowest BCUT2D eigenvalue weighted by Crippen LogP contribution is -2.50. The zero-order chi connectivity index (χ0) is 18.2. The molecule has 28 heavy (non-hydrogen) atoms. The summed E-state index contributed by atoms with van der Waals surface area (Å²) < 4.78 is 0. The van der Waals surface area contributed by atoms with Crippen molar-refractivity contribution in [2.24, 2.45) is 0 Å². The van der Waals surface area contributed by atoms with E-state index < -0.39 is 6.04 Å². The molecule has 0 bridgehead atoms. The van der Waals surface area contributed by atoms with E-state index in [1.807, 2.05) is 35.2 Å². The van der Waals surface area contributed by atoms with Crippen molar-refractivity contribution in [2.75, 3.05) is 26.2 Å². The molecular weight excluding hydrogens is 399 g/mol. The van der Waals surface area contributed by atoms with Crippen molar-refractivity contribution in [3.05, 3.63) is 66.0 Å². The molecule has 0 spiro atoms.